The number of rotatable bonds is 6. The summed E-state index contributed by atoms with van der Waals surface area (Å²) in [6.45, 7) is 2.71. The topological polar surface area (TPSA) is 116 Å². The third-order valence-electron chi connectivity index (χ3n) is 7.77. The predicted molar refractivity (Wildman–Crippen MR) is 131 cm³/mol. The quantitative estimate of drug-likeness (QED) is 0.577. The molecule has 3 aliphatic carbocycles. The van der Waals surface area contributed by atoms with Gasteiger partial charge in [0.15, 0.2) is 6.03 Å². The van der Waals surface area contributed by atoms with Gasteiger partial charge < -0.3 is 19.3 Å². The minimum atomic E-state index is -4.38. The second-order valence-electron chi connectivity index (χ2n) is 10.1. The molecule has 0 bridgehead atoms. The SMILES string of the molecule is Cc1c(C2CC2)noc1N(C1CCOCC1)S(=O)(=O)[N-]C(=O)Nc1c2c(cc3c1CCC3)CCC2.[Na+]. The fourth-order valence-electron chi connectivity index (χ4n) is 5.91. The fraction of sp³-hybridized carbons (Fsp3) is 0.600. The van der Waals surface area contributed by atoms with Gasteiger partial charge in [-0.3, -0.25) is 4.79 Å². The van der Waals surface area contributed by atoms with Crippen molar-refractivity contribution in [1.29, 1.82) is 0 Å². The van der Waals surface area contributed by atoms with Crippen molar-refractivity contribution in [2.45, 2.75) is 83.1 Å². The first-order valence-electron chi connectivity index (χ1n) is 12.7. The van der Waals surface area contributed by atoms with Crippen molar-refractivity contribution >= 4 is 27.8 Å². The number of nitrogens with zero attached hydrogens (tertiary/aromatic N) is 3. The summed E-state index contributed by atoms with van der Waals surface area (Å²) in [5, 5.41) is 7.05. The van der Waals surface area contributed by atoms with Crippen LogP contribution in [0.15, 0.2) is 10.6 Å². The molecule has 1 aliphatic heterocycles. The van der Waals surface area contributed by atoms with Crippen LogP contribution < -0.4 is 39.2 Å². The Morgan fingerprint density at radius 3 is 2.31 bits per heavy atom. The third-order valence-corrected chi connectivity index (χ3v) is 9.13. The number of carbonyl (C=O) groups excluding carboxylic acids is 1. The number of aryl methyl sites for hydroxylation is 2. The van der Waals surface area contributed by atoms with Gasteiger partial charge in [0.25, 0.3) is 10.2 Å². The maximum atomic E-state index is 13.6. The van der Waals surface area contributed by atoms with Gasteiger partial charge in [-0.2, -0.15) is 0 Å². The second-order valence-corrected chi connectivity index (χ2v) is 11.6. The number of urea groups is 1. The maximum absolute atomic E-state index is 13.6. The van der Waals surface area contributed by atoms with Gasteiger partial charge in [-0.1, -0.05) is 11.2 Å². The Balaban J connectivity index is 0.00000267. The van der Waals surface area contributed by atoms with Crippen molar-refractivity contribution in [3.05, 3.63) is 44.3 Å². The van der Waals surface area contributed by atoms with E-state index in [1.165, 1.54) is 15.4 Å². The predicted octanol–water partition coefficient (Wildman–Crippen LogP) is 1.68. The number of benzene rings is 1. The van der Waals surface area contributed by atoms with E-state index in [-0.39, 0.29) is 35.4 Å². The Labute approximate surface area is 234 Å². The summed E-state index contributed by atoms with van der Waals surface area (Å²) >= 11 is 0. The van der Waals surface area contributed by atoms with E-state index in [9.17, 15) is 13.2 Å². The first-order valence-corrected chi connectivity index (χ1v) is 14.1. The van der Waals surface area contributed by atoms with E-state index in [0.29, 0.717) is 37.5 Å². The number of carbonyl (C=O) groups is 1. The fourth-order valence-corrected chi connectivity index (χ4v) is 7.22. The average molecular weight is 523 g/mol. The summed E-state index contributed by atoms with van der Waals surface area (Å²) in [6.07, 6.45) is 8.89. The van der Waals surface area contributed by atoms with Crippen molar-refractivity contribution in [1.82, 2.24) is 5.16 Å². The Morgan fingerprint density at radius 2 is 1.69 bits per heavy atom. The molecule has 2 fully saturated rings. The Hall–Kier alpha value is -1.59. The smallest absolute Gasteiger partial charge is 0.423 e. The zero-order chi connectivity index (χ0) is 24.2. The van der Waals surface area contributed by atoms with Crippen LogP contribution >= 0.6 is 0 Å². The van der Waals surface area contributed by atoms with E-state index in [2.05, 4.69) is 21.3 Å². The molecule has 11 heteroatoms. The van der Waals surface area contributed by atoms with E-state index in [0.717, 1.165) is 73.9 Å². The molecule has 1 saturated carbocycles. The number of anilines is 2. The monoisotopic (exact) mass is 522 g/mol. The van der Waals surface area contributed by atoms with E-state index in [1.807, 2.05) is 6.92 Å². The molecule has 0 atom stereocenters. The first-order chi connectivity index (χ1) is 16.9. The Morgan fingerprint density at radius 1 is 1.06 bits per heavy atom. The van der Waals surface area contributed by atoms with Gasteiger partial charge in [0.1, 0.15) is 0 Å². The van der Waals surface area contributed by atoms with Gasteiger partial charge in [0.05, 0.1) is 11.7 Å². The molecule has 9 nitrogen and oxygen atoms in total. The summed E-state index contributed by atoms with van der Waals surface area (Å²) in [5.74, 6) is 0.478. The van der Waals surface area contributed by atoms with Crippen LogP contribution in [-0.2, 0) is 40.6 Å². The largest absolute Gasteiger partial charge is 1.00 e. The number of hydrogen-bond acceptors (Lipinski definition) is 6. The van der Waals surface area contributed by atoms with Crippen LogP contribution in [0.25, 0.3) is 4.72 Å². The first kappa shape index (κ1) is 26.0. The van der Waals surface area contributed by atoms with E-state index in [4.69, 9.17) is 9.26 Å². The molecule has 2 amide bonds. The average Bonchev–Trinajstić information content (AvgIpc) is 3.20. The summed E-state index contributed by atoms with van der Waals surface area (Å²) < 4.78 is 43.2. The zero-order valence-corrected chi connectivity index (χ0v) is 23.8. The standard InChI is InChI=1S/C25H32N4O5S.Na/c1-15-22(16-8-9-16)27-34-24(15)29(19-10-12-33-13-11-19)35(31,32)28-25(30)26-23-20-6-2-4-17(20)14-18-5-3-7-21(18)23;/h14,16,19H,2-13H2,1H3,(H2,26,28,30);/q;+1/p-1. The number of hydrogen-bond donors (Lipinski definition) is 1. The Kier molecular flexibility index (Phi) is 7.44. The van der Waals surface area contributed by atoms with Crippen molar-refractivity contribution in [2.24, 2.45) is 0 Å². The van der Waals surface area contributed by atoms with Gasteiger partial charge in [-0.25, -0.2) is 12.7 Å². The van der Waals surface area contributed by atoms with Crippen molar-refractivity contribution in [2.75, 3.05) is 22.8 Å². The molecule has 2 heterocycles. The van der Waals surface area contributed by atoms with Crippen LogP contribution in [0.5, 0.6) is 0 Å². The number of ether oxygens (including phenoxy) is 1. The number of fused-ring (bicyclic) bond motifs is 2. The minimum Gasteiger partial charge on any atom is -0.423 e. The maximum Gasteiger partial charge on any atom is 1.00 e. The minimum absolute atomic E-state index is 0. The summed E-state index contributed by atoms with van der Waals surface area (Å²) in [6, 6.07) is 0.996. The molecule has 6 rings (SSSR count). The molecule has 2 aromatic rings. The third kappa shape index (κ3) is 4.82. The van der Waals surface area contributed by atoms with E-state index in [1.54, 1.807) is 0 Å². The van der Waals surface area contributed by atoms with Crippen LogP contribution in [0.2, 0.25) is 0 Å². The molecule has 1 aromatic heterocycles. The van der Waals surface area contributed by atoms with Crippen LogP contribution in [0.1, 0.15) is 78.0 Å². The van der Waals surface area contributed by atoms with E-state index >= 15 is 0 Å². The molecule has 0 spiro atoms. The molecule has 36 heavy (non-hydrogen) atoms. The van der Waals surface area contributed by atoms with Gasteiger partial charge >= 0.3 is 29.6 Å². The summed E-state index contributed by atoms with van der Waals surface area (Å²) in [5.41, 5.74) is 7.07. The second kappa shape index (κ2) is 10.3. The number of amides is 2. The number of nitrogens with one attached hydrogen (secondary N) is 1. The van der Waals surface area contributed by atoms with Crippen molar-refractivity contribution in [3.8, 4) is 0 Å². The van der Waals surface area contributed by atoms with Gasteiger partial charge in [0.2, 0.25) is 5.88 Å². The van der Waals surface area contributed by atoms with Gasteiger partial charge in [-0.05, 0) is 99.1 Å². The molecule has 1 saturated heterocycles. The van der Waals surface area contributed by atoms with Crippen LogP contribution in [0.3, 0.4) is 0 Å². The molecular formula is C25H31N4NaO5S. The molecule has 4 aliphatic rings. The molecule has 1 aromatic carbocycles. The summed E-state index contributed by atoms with van der Waals surface area (Å²) in [7, 11) is -4.38. The zero-order valence-electron chi connectivity index (χ0n) is 21.0. The molecular weight excluding hydrogens is 491 g/mol. The van der Waals surface area contributed by atoms with Crippen LogP contribution in [0, 0.1) is 6.92 Å². The summed E-state index contributed by atoms with van der Waals surface area (Å²) in [4.78, 5) is 13.1. The molecule has 188 valence electrons. The number of aromatic nitrogens is 1. The molecule has 0 unspecified atom stereocenters. The Bertz CT molecular complexity index is 1240. The normalized spacial score (nSPS) is 19.4. The van der Waals surface area contributed by atoms with Crippen molar-refractivity contribution < 1.29 is 52.0 Å². The van der Waals surface area contributed by atoms with E-state index < -0.39 is 22.3 Å². The van der Waals surface area contributed by atoms with Gasteiger partial charge in [0, 0.05) is 24.7 Å². The van der Waals surface area contributed by atoms with Crippen LogP contribution in [-0.4, -0.2) is 38.9 Å². The van der Waals surface area contributed by atoms with Crippen LogP contribution in [0.4, 0.5) is 16.4 Å². The van der Waals surface area contributed by atoms with Gasteiger partial charge in [-0.15, -0.1) is 0 Å². The molecule has 1 N–H and O–H groups in total. The molecule has 0 radical (unpaired) electrons. The van der Waals surface area contributed by atoms with Crippen molar-refractivity contribution in [3.63, 3.8) is 0 Å².